The molecule has 8 heteroatoms. The van der Waals surface area contributed by atoms with E-state index in [4.69, 9.17) is 9.47 Å². The van der Waals surface area contributed by atoms with Crippen molar-refractivity contribution in [3.05, 3.63) is 59.0 Å². The van der Waals surface area contributed by atoms with E-state index in [1.807, 2.05) is 36.4 Å². The number of aromatic amines is 1. The van der Waals surface area contributed by atoms with Gasteiger partial charge in [-0.1, -0.05) is 24.3 Å². The van der Waals surface area contributed by atoms with E-state index in [1.165, 1.54) is 0 Å². The number of carbonyl (C=O) groups excluding carboxylic acids is 2. The molecule has 1 aliphatic rings. The second-order valence-corrected chi connectivity index (χ2v) is 7.14. The predicted octanol–water partition coefficient (Wildman–Crippen LogP) is 2.47. The Balaban J connectivity index is 1.28. The highest BCUT2D eigenvalue weighted by Gasteiger charge is 2.31. The fourth-order valence-corrected chi connectivity index (χ4v) is 3.60. The van der Waals surface area contributed by atoms with Crippen LogP contribution in [0.2, 0.25) is 0 Å². The molecule has 0 fully saturated rings. The van der Waals surface area contributed by atoms with Gasteiger partial charge in [0.25, 0.3) is 5.91 Å². The highest BCUT2D eigenvalue weighted by atomic mass is 16.5. The second kappa shape index (κ2) is 8.44. The number of aromatic nitrogens is 2. The zero-order valence-electron chi connectivity index (χ0n) is 16.7. The van der Waals surface area contributed by atoms with E-state index in [0.29, 0.717) is 24.4 Å². The van der Waals surface area contributed by atoms with Gasteiger partial charge in [0.05, 0.1) is 29.7 Å². The number of anilines is 1. The van der Waals surface area contributed by atoms with Crippen molar-refractivity contribution in [2.45, 2.75) is 32.4 Å². The quantitative estimate of drug-likeness (QED) is 0.478. The Hall–Kier alpha value is -3.55. The van der Waals surface area contributed by atoms with Gasteiger partial charge in [0.2, 0.25) is 0 Å². The van der Waals surface area contributed by atoms with Crippen LogP contribution in [0.3, 0.4) is 0 Å². The third-order valence-electron chi connectivity index (χ3n) is 5.08. The molecule has 0 aliphatic carbocycles. The zero-order chi connectivity index (χ0) is 21.1. The first-order valence-corrected chi connectivity index (χ1v) is 9.95. The van der Waals surface area contributed by atoms with Crippen molar-refractivity contribution in [1.82, 2.24) is 9.55 Å². The van der Waals surface area contributed by atoms with Crippen molar-refractivity contribution < 1.29 is 19.1 Å². The Kier molecular flexibility index (Phi) is 5.56. The van der Waals surface area contributed by atoms with Gasteiger partial charge in [0.15, 0.2) is 6.10 Å². The first-order valence-electron chi connectivity index (χ1n) is 9.95. The van der Waals surface area contributed by atoms with Crippen molar-refractivity contribution in [1.29, 1.82) is 0 Å². The van der Waals surface area contributed by atoms with Crippen LogP contribution >= 0.6 is 0 Å². The third-order valence-corrected chi connectivity index (χ3v) is 5.08. The minimum atomic E-state index is -0.592. The normalized spacial score (nSPS) is 15.7. The topological polar surface area (TPSA) is 93.6 Å². The number of nitrogens with one attached hydrogen (secondary N) is 1. The predicted molar refractivity (Wildman–Crippen MR) is 112 cm³/mol. The number of ether oxygens (including phenoxy) is 2. The SMILES string of the molecule is C[C@H]1Oc2ccccc2N(CCC(=O)OCCCn2c(=O)[nH]c3ccccc32)C1=O. The molecule has 1 N–H and O–H groups in total. The molecule has 0 spiro atoms. The number of aryl methyl sites for hydroxylation is 1. The van der Waals surface area contributed by atoms with E-state index in [1.54, 1.807) is 28.5 Å². The van der Waals surface area contributed by atoms with Crippen LogP contribution in [0.4, 0.5) is 5.69 Å². The molecule has 3 aromatic rings. The first-order chi connectivity index (χ1) is 14.5. The van der Waals surface area contributed by atoms with Crippen molar-refractivity contribution in [2.24, 2.45) is 0 Å². The first kappa shape index (κ1) is 19.8. The van der Waals surface area contributed by atoms with Crippen molar-refractivity contribution in [3.63, 3.8) is 0 Å². The summed E-state index contributed by atoms with van der Waals surface area (Å²) in [5, 5.41) is 0. The maximum absolute atomic E-state index is 12.4. The summed E-state index contributed by atoms with van der Waals surface area (Å²) in [5.74, 6) is 0.0630. The zero-order valence-corrected chi connectivity index (χ0v) is 16.7. The number of hydrogen-bond donors (Lipinski definition) is 1. The number of imidazole rings is 1. The lowest BCUT2D eigenvalue weighted by atomic mass is 10.2. The van der Waals surface area contributed by atoms with E-state index in [-0.39, 0.29) is 37.1 Å². The summed E-state index contributed by atoms with van der Waals surface area (Å²) in [4.78, 5) is 41.0. The highest BCUT2D eigenvalue weighted by molar-refractivity contribution is 6.00. The molecule has 0 saturated carbocycles. The van der Waals surface area contributed by atoms with Gasteiger partial charge >= 0.3 is 11.7 Å². The maximum atomic E-state index is 12.4. The number of para-hydroxylation sites is 4. The van der Waals surface area contributed by atoms with Gasteiger partial charge in [0, 0.05) is 13.1 Å². The smallest absolute Gasteiger partial charge is 0.326 e. The minimum absolute atomic E-state index is 0.0832. The molecular formula is C22H23N3O5. The lowest BCUT2D eigenvalue weighted by Gasteiger charge is -2.32. The summed E-state index contributed by atoms with van der Waals surface area (Å²) < 4.78 is 12.5. The van der Waals surface area contributed by atoms with Crippen molar-refractivity contribution in [2.75, 3.05) is 18.1 Å². The molecule has 8 nitrogen and oxygen atoms in total. The van der Waals surface area contributed by atoms with Gasteiger partial charge in [-0.2, -0.15) is 0 Å². The molecule has 156 valence electrons. The molecule has 1 aromatic heterocycles. The highest BCUT2D eigenvalue weighted by Crippen LogP contribution is 2.33. The maximum Gasteiger partial charge on any atom is 0.326 e. The number of nitrogens with zero attached hydrogens (tertiary/aromatic N) is 2. The van der Waals surface area contributed by atoms with Gasteiger partial charge < -0.3 is 19.4 Å². The number of benzene rings is 2. The van der Waals surface area contributed by atoms with Gasteiger partial charge in [0.1, 0.15) is 5.75 Å². The Bertz CT molecular complexity index is 1130. The summed E-state index contributed by atoms with van der Waals surface area (Å²) in [6.07, 6.45) is 0.00865. The Labute approximate surface area is 173 Å². The van der Waals surface area contributed by atoms with Gasteiger partial charge in [-0.15, -0.1) is 0 Å². The van der Waals surface area contributed by atoms with Gasteiger partial charge in [-0.25, -0.2) is 4.79 Å². The average molecular weight is 409 g/mol. The Morgan fingerprint density at radius 2 is 1.87 bits per heavy atom. The van der Waals surface area contributed by atoms with Crippen LogP contribution in [0.5, 0.6) is 5.75 Å². The number of carbonyl (C=O) groups is 2. The number of rotatable bonds is 7. The number of H-pyrrole nitrogens is 1. The molecule has 4 rings (SSSR count). The number of hydrogen-bond acceptors (Lipinski definition) is 5. The molecule has 1 aliphatic heterocycles. The second-order valence-electron chi connectivity index (χ2n) is 7.14. The van der Waals surface area contributed by atoms with Crippen molar-refractivity contribution in [3.8, 4) is 5.75 Å². The molecule has 0 saturated heterocycles. The lowest BCUT2D eigenvalue weighted by molar-refractivity contribution is -0.143. The third kappa shape index (κ3) is 3.94. The van der Waals surface area contributed by atoms with Crippen LogP contribution in [0.1, 0.15) is 19.8 Å². The largest absolute Gasteiger partial charge is 0.479 e. The Morgan fingerprint density at radius 3 is 2.73 bits per heavy atom. The molecule has 0 unspecified atom stereocenters. The van der Waals surface area contributed by atoms with Crippen LogP contribution in [-0.2, 0) is 20.9 Å². The minimum Gasteiger partial charge on any atom is -0.479 e. The fraction of sp³-hybridized carbons (Fsp3) is 0.318. The Morgan fingerprint density at radius 1 is 1.10 bits per heavy atom. The molecule has 2 heterocycles. The molecule has 30 heavy (non-hydrogen) atoms. The summed E-state index contributed by atoms with van der Waals surface area (Å²) in [7, 11) is 0. The molecular weight excluding hydrogens is 386 g/mol. The lowest BCUT2D eigenvalue weighted by Crippen LogP contribution is -2.45. The summed E-state index contributed by atoms with van der Waals surface area (Å²) in [6, 6.07) is 14.7. The van der Waals surface area contributed by atoms with E-state index >= 15 is 0 Å². The summed E-state index contributed by atoms with van der Waals surface area (Å²) in [5.41, 5.74) is 2.09. The average Bonchev–Trinajstić information content (AvgIpc) is 3.06. The van der Waals surface area contributed by atoms with Crippen LogP contribution in [0.25, 0.3) is 11.0 Å². The van der Waals surface area contributed by atoms with Gasteiger partial charge in [-0.3, -0.25) is 14.2 Å². The number of fused-ring (bicyclic) bond motifs is 2. The van der Waals surface area contributed by atoms with E-state index in [0.717, 1.165) is 11.0 Å². The molecule has 1 amide bonds. The fourth-order valence-electron chi connectivity index (χ4n) is 3.60. The van der Waals surface area contributed by atoms with Crippen LogP contribution in [0.15, 0.2) is 53.3 Å². The molecule has 0 bridgehead atoms. The van der Waals surface area contributed by atoms with E-state index in [9.17, 15) is 14.4 Å². The number of esters is 1. The van der Waals surface area contributed by atoms with Crippen LogP contribution in [-0.4, -0.2) is 40.7 Å². The van der Waals surface area contributed by atoms with Crippen molar-refractivity contribution >= 4 is 28.6 Å². The molecule has 1 atom stereocenters. The van der Waals surface area contributed by atoms with Crippen LogP contribution < -0.4 is 15.3 Å². The molecule has 0 radical (unpaired) electrons. The van der Waals surface area contributed by atoms with Gasteiger partial charge in [-0.05, 0) is 37.6 Å². The summed E-state index contributed by atoms with van der Waals surface area (Å²) in [6.45, 7) is 2.57. The van der Waals surface area contributed by atoms with Crippen LogP contribution in [0, 0.1) is 0 Å². The van der Waals surface area contributed by atoms with E-state index < -0.39 is 6.10 Å². The molecule has 2 aromatic carbocycles. The standard InChI is InChI=1S/C22H23N3O5/c1-15-21(27)24(18-9-4-5-10-19(18)30-15)13-11-20(26)29-14-6-12-25-17-8-3-2-7-16(17)23-22(25)28/h2-5,7-10,15H,6,11-14H2,1H3,(H,23,28)/t15-/m1/s1. The summed E-state index contributed by atoms with van der Waals surface area (Å²) >= 11 is 0. The van der Waals surface area contributed by atoms with E-state index in [2.05, 4.69) is 4.98 Å². The monoisotopic (exact) mass is 409 g/mol. The number of amides is 1.